The van der Waals surface area contributed by atoms with Gasteiger partial charge < -0.3 is 10.4 Å². The number of aryl methyl sites for hydroxylation is 2. The number of unbranched alkanes of at least 4 members (excludes halogenated alkanes) is 1. The summed E-state index contributed by atoms with van der Waals surface area (Å²) < 4.78 is 0. The number of carboxylic acid groups (broad SMARTS) is 1. The Balaban J connectivity index is 1.68. The fraction of sp³-hybridized carbons (Fsp3) is 0.259. The van der Waals surface area contributed by atoms with Gasteiger partial charge in [0, 0.05) is 6.42 Å². The average Bonchev–Trinajstić information content (AvgIpc) is 2.79. The van der Waals surface area contributed by atoms with Gasteiger partial charge in [0.1, 0.15) is 0 Å². The first-order chi connectivity index (χ1) is 15.9. The van der Waals surface area contributed by atoms with E-state index in [1.165, 1.54) is 18.4 Å². The monoisotopic (exact) mass is 483 g/mol. The Morgan fingerprint density at radius 2 is 1.48 bits per heavy atom. The van der Waals surface area contributed by atoms with Gasteiger partial charge >= 0.3 is 5.97 Å². The van der Waals surface area contributed by atoms with E-state index < -0.39 is 5.97 Å². The fourth-order valence-electron chi connectivity index (χ4n) is 3.60. The lowest BCUT2D eigenvalue weighted by Gasteiger charge is -2.12. The molecule has 0 saturated heterocycles. The second-order valence-corrected chi connectivity index (χ2v) is 8.89. The van der Waals surface area contributed by atoms with Crippen LogP contribution in [0.4, 0.5) is 5.69 Å². The summed E-state index contributed by atoms with van der Waals surface area (Å²) >= 11 is 12.0. The molecule has 0 aliphatic rings. The average molecular weight is 484 g/mol. The van der Waals surface area contributed by atoms with Gasteiger partial charge in [-0.05, 0) is 72.2 Å². The smallest absolute Gasteiger partial charge is 0.337 e. The lowest BCUT2D eigenvalue weighted by molar-refractivity contribution is -0.116. The molecule has 172 valence electrons. The minimum absolute atomic E-state index is 0.0663. The van der Waals surface area contributed by atoms with Crippen LogP contribution in [0, 0.1) is 0 Å². The maximum absolute atomic E-state index is 12.5. The van der Waals surface area contributed by atoms with Crippen LogP contribution in [0.5, 0.6) is 0 Å². The van der Waals surface area contributed by atoms with Crippen LogP contribution in [-0.2, 0) is 24.1 Å². The Hall–Kier alpha value is -2.82. The molecule has 0 unspecified atom stereocenters. The molecule has 0 radical (unpaired) electrons. The van der Waals surface area contributed by atoms with E-state index in [1.807, 2.05) is 6.07 Å². The highest BCUT2D eigenvalue weighted by atomic mass is 35.5. The minimum atomic E-state index is -1.08. The van der Waals surface area contributed by atoms with Gasteiger partial charge in [-0.25, -0.2) is 4.79 Å². The van der Waals surface area contributed by atoms with E-state index in [-0.39, 0.29) is 17.9 Å². The molecule has 0 spiro atoms. The number of aromatic carboxylic acids is 1. The Kier molecular flexibility index (Phi) is 8.93. The van der Waals surface area contributed by atoms with Crippen LogP contribution in [0.1, 0.15) is 58.8 Å². The van der Waals surface area contributed by atoms with E-state index >= 15 is 0 Å². The molecule has 0 aromatic heterocycles. The number of carboxylic acids is 1. The van der Waals surface area contributed by atoms with Gasteiger partial charge in [-0.3, -0.25) is 4.79 Å². The number of carbonyl (C=O) groups is 2. The molecular weight excluding hydrogens is 457 g/mol. The molecular formula is C27H27Cl2NO3. The number of amides is 1. The molecule has 0 aliphatic heterocycles. The first-order valence-corrected chi connectivity index (χ1v) is 11.8. The van der Waals surface area contributed by atoms with Gasteiger partial charge in [0.2, 0.25) is 5.91 Å². The third-order valence-corrected chi connectivity index (χ3v) is 6.20. The van der Waals surface area contributed by atoms with Crippen molar-refractivity contribution in [3.05, 3.63) is 98.5 Å². The first kappa shape index (κ1) is 24.8. The van der Waals surface area contributed by atoms with Gasteiger partial charge in [0.05, 0.1) is 21.3 Å². The lowest BCUT2D eigenvalue weighted by atomic mass is 9.99. The molecule has 4 nitrogen and oxygen atoms in total. The summed E-state index contributed by atoms with van der Waals surface area (Å²) in [7, 11) is 0. The van der Waals surface area contributed by atoms with Gasteiger partial charge in [-0.15, -0.1) is 0 Å². The molecule has 33 heavy (non-hydrogen) atoms. The zero-order valence-electron chi connectivity index (χ0n) is 18.5. The van der Waals surface area contributed by atoms with Crippen LogP contribution in [0.3, 0.4) is 0 Å². The topological polar surface area (TPSA) is 66.4 Å². The number of hydrogen-bond acceptors (Lipinski definition) is 2. The molecule has 0 bridgehead atoms. The summed E-state index contributed by atoms with van der Waals surface area (Å²) in [6.07, 6.45) is 4.72. The van der Waals surface area contributed by atoms with Crippen molar-refractivity contribution in [2.24, 2.45) is 0 Å². The number of halogens is 2. The second kappa shape index (κ2) is 11.9. The van der Waals surface area contributed by atoms with E-state index in [9.17, 15) is 14.7 Å². The van der Waals surface area contributed by atoms with Crippen molar-refractivity contribution in [1.29, 1.82) is 0 Å². The Morgan fingerprint density at radius 3 is 2.15 bits per heavy atom. The Labute approximate surface area is 204 Å². The van der Waals surface area contributed by atoms with E-state index in [0.717, 1.165) is 23.1 Å². The summed E-state index contributed by atoms with van der Waals surface area (Å²) in [6.45, 7) is 2.18. The van der Waals surface area contributed by atoms with Crippen LogP contribution in [-0.4, -0.2) is 17.0 Å². The second-order valence-electron chi connectivity index (χ2n) is 8.08. The maximum Gasteiger partial charge on any atom is 0.337 e. The quantitative estimate of drug-likeness (QED) is 0.320. The summed E-state index contributed by atoms with van der Waals surface area (Å²) in [5.41, 5.74) is 4.64. The van der Waals surface area contributed by atoms with Crippen molar-refractivity contribution in [1.82, 2.24) is 0 Å². The molecule has 3 rings (SSSR count). The van der Waals surface area contributed by atoms with Crippen molar-refractivity contribution in [2.75, 3.05) is 5.32 Å². The number of hydrogen-bond donors (Lipinski definition) is 2. The van der Waals surface area contributed by atoms with Gasteiger partial charge in [0.15, 0.2) is 0 Å². The Morgan fingerprint density at radius 1 is 0.818 bits per heavy atom. The van der Waals surface area contributed by atoms with Crippen molar-refractivity contribution in [2.45, 2.75) is 45.4 Å². The third-order valence-electron chi connectivity index (χ3n) is 5.46. The van der Waals surface area contributed by atoms with Crippen molar-refractivity contribution in [3.8, 4) is 0 Å². The third kappa shape index (κ3) is 7.34. The predicted molar refractivity (Wildman–Crippen MR) is 135 cm³/mol. The highest BCUT2D eigenvalue weighted by Gasteiger charge is 2.14. The van der Waals surface area contributed by atoms with E-state index in [0.29, 0.717) is 28.6 Å². The lowest BCUT2D eigenvalue weighted by Crippen LogP contribution is -2.15. The maximum atomic E-state index is 12.5. The molecule has 0 fully saturated rings. The summed E-state index contributed by atoms with van der Waals surface area (Å²) in [4.78, 5) is 24.2. The van der Waals surface area contributed by atoms with Crippen molar-refractivity contribution in [3.63, 3.8) is 0 Å². The van der Waals surface area contributed by atoms with Crippen molar-refractivity contribution >= 4 is 40.8 Å². The molecule has 1 amide bonds. The molecule has 3 aromatic carbocycles. The van der Waals surface area contributed by atoms with Gasteiger partial charge in [-0.1, -0.05) is 72.9 Å². The van der Waals surface area contributed by atoms with Crippen LogP contribution in [0.15, 0.2) is 60.7 Å². The molecule has 0 heterocycles. The zero-order chi connectivity index (χ0) is 23.8. The molecule has 6 heteroatoms. The molecule has 0 saturated carbocycles. The number of nitrogens with one attached hydrogen (secondary N) is 1. The van der Waals surface area contributed by atoms with Gasteiger partial charge in [0.25, 0.3) is 0 Å². The van der Waals surface area contributed by atoms with Crippen LogP contribution in [0.2, 0.25) is 10.0 Å². The van der Waals surface area contributed by atoms with E-state index in [4.69, 9.17) is 23.2 Å². The standard InChI is InChI=1S/C27H27Cl2NO3/c1-2-3-4-18-5-7-19(8-6-18)15-21-9-12-22(27(32)33)25(17-21)30-26(31)14-11-20-10-13-23(28)24(29)16-20/h5-10,12-13,16-17H,2-4,11,14-15H2,1H3,(H,30,31)(H,32,33). The number of anilines is 1. The predicted octanol–water partition coefficient (Wildman–Crippen LogP) is 7.20. The largest absolute Gasteiger partial charge is 0.478 e. The normalized spacial score (nSPS) is 10.8. The van der Waals surface area contributed by atoms with E-state index in [2.05, 4.69) is 36.5 Å². The molecule has 2 N–H and O–H groups in total. The number of benzene rings is 3. The zero-order valence-corrected chi connectivity index (χ0v) is 20.0. The fourth-order valence-corrected chi connectivity index (χ4v) is 3.92. The van der Waals surface area contributed by atoms with Crippen LogP contribution >= 0.6 is 23.2 Å². The van der Waals surface area contributed by atoms with Crippen molar-refractivity contribution < 1.29 is 14.7 Å². The first-order valence-electron chi connectivity index (χ1n) is 11.0. The van der Waals surface area contributed by atoms with E-state index in [1.54, 1.807) is 30.3 Å². The molecule has 0 aliphatic carbocycles. The molecule has 3 aromatic rings. The summed E-state index contributed by atoms with van der Waals surface area (Å²) in [5.74, 6) is -1.34. The highest BCUT2D eigenvalue weighted by molar-refractivity contribution is 6.42. The highest BCUT2D eigenvalue weighted by Crippen LogP contribution is 2.24. The summed E-state index contributed by atoms with van der Waals surface area (Å²) in [6, 6.07) is 18.8. The molecule has 0 atom stereocenters. The van der Waals surface area contributed by atoms with Crippen LogP contribution in [0.25, 0.3) is 0 Å². The Bertz CT molecular complexity index is 1130. The number of carbonyl (C=O) groups excluding carboxylic acids is 1. The van der Waals surface area contributed by atoms with Gasteiger partial charge in [-0.2, -0.15) is 0 Å². The summed E-state index contributed by atoms with van der Waals surface area (Å²) in [5, 5.41) is 13.2. The van der Waals surface area contributed by atoms with Crippen LogP contribution < -0.4 is 5.32 Å². The number of rotatable bonds is 10. The minimum Gasteiger partial charge on any atom is -0.478 e. The SMILES string of the molecule is CCCCc1ccc(Cc2ccc(C(=O)O)c(NC(=O)CCc3ccc(Cl)c(Cl)c3)c2)cc1.